The monoisotopic (exact) mass is 212 g/mol. The summed E-state index contributed by atoms with van der Waals surface area (Å²) in [6.07, 6.45) is 6.59. The summed E-state index contributed by atoms with van der Waals surface area (Å²) >= 11 is 0. The van der Waals surface area contributed by atoms with E-state index in [1.807, 2.05) is 14.0 Å². The predicted octanol–water partition coefficient (Wildman–Crippen LogP) is 0.0453. The number of hydrogen-bond acceptors (Lipinski definition) is 4. The molecule has 0 saturated heterocycles. The molecule has 4 nitrogen and oxygen atoms in total. The summed E-state index contributed by atoms with van der Waals surface area (Å²) in [4.78, 5) is 3.30. The predicted molar refractivity (Wildman–Crippen MR) is 60.7 cm³/mol. The molecule has 0 aromatic carbocycles. The zero-order valence-electron chi connectivity index (χ0n) is 9.64. The van der Waals surface area contributed by atoms with Crippen molar-refractivity contribution < 1.29 is 10.2 Å². The van der Waals surface area contributed by atoms with Gasteiger partial charge in [-0.15, -0.1) is 0 Å². The van der Waals surface area contributed by atoms with E-state index in [1.165, 1.54) is 4.90 Å². The van der Waals surface area contributed by atoms with E-state index in [0.29, 0.717) is 12.0 Å². The molecule has 0 heterocycles. The van der Waals surface area contributed by atoms with Crippen molar-refractivity contribution >= 4 is 0 Å². The maximum Gasteiger partial charge on any atom is 0.131 e. The van der Waals surface area contributed by atoms with Gasteiger partial charge in [0, 0.05) is 25.9 Å². The van der Waals surface area contributed by atoms with Crippen LogP contribution in [0.1, 0.15) is 13.3 Å². The second-order valence-electron chi connectivity index (χ2n) is 3.36. The topological polar surface area (TPSA) is 46.9 Å². The Morgan fingerprint density at radius 3 is 2.53 bits per heavy atom. The lowest BCUT2D eigenvalue weighted by Gasteiger charge is -2.24. The summed E-state index contributed by atoms with van der Waals surface area (Å²) in [6.45, 7) is 2.67. The van der Waals surface area contributed by atoms with Crippen LogP contribution >= 0.6 is 0 Å². The van der Waals surface area contributed by atoms with Gasteiger partial charge in [-0.05, 0) is 25.6 Å². The van der Waals surface area contributed by atoms with Gasteiger partial charge in [-0.3, -0.25) is 4.90 Å². The molecule has 0 bridgehead atoms. The van der Waals surface area contributed by atoms with Crippen molar-refractivity contribution in [1.29, 1.82) is 0 Å². The molecule has 0 amide bonds. The van der Waals surface area contributed by atoms with E-state index in [-0.39, 0.29) is 6.61 Å². The molecule has 0 aliphatic carbocycles. The number of terminal acetylenes is 1. The Hall–Kier alpha value is -1.02. The van der Waals surface area contributed by atoms with Gasteiger partial charge in [0.05, 0.1) is 0 Å². The Balaban J connectivity index is 4.65. The maximum absolute atomic E-state index is 9.90. The smallest absolute Gasteiger partial charge is 0.131 e. The van der Waals surface area contributed by atoms with Crippen LogP contribution in [0.15, 0.2) is 11.8 Å². The maximum atomic E-state index is 9.90. The lowest BCUT2D eigenvalue weighted by atomic mass is 10.1. The van der Waals surface area contributed by atoms with Gasteiger partial charge in [-0.1, -0.05) is 13.3 Å². The molecule has 2 N–H and O–H groups in total. The third-order valence-corrected chi connectivity index (χ3v) is 2.21. The molecule has 0 spiro atoms. The molecule has 0 fully saturated rings. The van der Waals surface area contributed by atoms with Crippen molar-refractivity contribution in [2.24, 2.45) is 0 Å². The number of rotatable bonds is 6. The molecular formula is C11H20N2O2. The van der Waals surface area contributed by atoms with Gasteiger partial charge < -0.3 is 15.1 Å². The van der Waals surface area contributed by atoms with Gasteiger partial charge in [0.15, 0.2) is 0 Å². The average Bonchev–Trinajstić information content (AvgIpc) is 2.26. The largest absolute Gasteiger partial charge is 0.396 e. The Morgan fingerprint density at radius 1 is 1.53 bits per heavy atom. The highest BCUT2D eigenvalue weighted by Crippen LogP contribution is 2.11. The highest BCUT2D eigenvalue weighted by Gasteiger charge is 2.14. The lowest BCUT2D eigenvalue weighted by molar-refractivity contribution is 0.0511. The number of hydrogen-bond donors (Lipinski definition) is 2. The Kier molecular flexibility index (Phi) is 6.80. The van der Waals surface area contributed by atoms with Crippen molar-refractivity contribution in [2.75, 3.05) is 27.2 Å². The standard InChI is InChI=1S/C11H20N2O2/c1-5-12(3)9-10(7-8-14)11(15)13(4)6-2/h1,9,11,14-15H,6-8H2,2-4H3/b10-9-. The second-order valence-corrected chi connectivity index (χ2v) is 3.36. The summed E-state index contributed by atoms with van der Waals surface area (Å²) in [6, 6.07) is 2.41. The molecule has 1 unspecified atom stereocenters. The van der Waals surface area contributed by atoms with E-state index >= 15 is 0 Å². The molecule has 0 rings (SSSR count). The van der Waals surface area contributed by atoms with Crippen LogP contribution in [0.3, 0.4) is 0 Å². The van der Waals surface area contributed by atoms with Crippen LogP contribution in [-0.4, -0.2) is 53.5 Å². The van der Waals surface area contributed by atoms with E-state index in [0.717, 1.165) is 6.54 Å². The third kappa shape index (κ3) is 4.84. The number of likely N-dealkylation sites (N-methyl/N-ethyl adjacent to an activating group) is 1. The zero-order valence-corrected chi connectivity index (χ0v) is 9.64. The molecule has 86 valence electrons. The molecule has 4 heteroatoms. The summed E-state index contributed by atoms with van der Waals surface area (Å²) in [5.74, 6) is 0. The third-order valence-electron chi connectivity index (χ3n) is 2.21. The van der Waals surface area contributed by atoms with Crippen LogP contribution in [0.2, 0.25) is 0 Å². The van der Waals surface area contributed by atoms with Crippen LogP contribution in [-0.2, 0) is 0 Å². The first-order chi connectivity index (χ1) is 7.06. The summed E-state index contributed by atoms with van der Waals surface area (Å²) in [5.41, 5.74) is 0.710. The minimum atomic E-state index is -0.696. The highest BCUT2D eigenvalue weighted by atomic mass is 16.3. The van der Waals surface area contributed by atoms with Crippen LogP contribution in [0.25, 0.3) is 0 Å². The molecule has 1 atom stereocenters. The Bertz CT molecular complexity index is 245. The summed E-state index contributed by atoms with van der Waals surface area (Å²) in [5, 5.41) is 18.8. The van der Waals surface area contributed by atoms with E-state index in [9.17, 15) is 5.11 Å². The van der Waals surface area contributed by atoms with Crippen LogP contribution in [0, 0.1) is 12.5 Å². The van der Waals surface area contributed by atoms with Crippen LogP contribution < -0.4 is 0 Å². The van der Waals surface area contributed by atoms with Gasteiger partial charge in [-0.25, -0.2) is 0 Å². The first kappa shape index (κ1) is 14.0. The van der Waals surface area contributed by atoms with Gasteiger partial charge >= 0.3 is 0 Å². The number of aliphatic hydroxyl groups excluding tert-OH is 2. The zero-order chi connectivity index (χ0) is 11.8. The fourth-order valence-electron chi connectivity index (χ4n) is 1.13. The van der Waals surface area contributed by atoms with Gasteiger partial charge in [-0.2, -0.15) is 0 Å². The minimum Gasteiger partial charge on any atom is -0.396 e. The molecule has 0 aliphatic heterocycles. The first-order valence-corrected chi connectivity index (χ1v) is 4.95. The van der Waals surface area contributed by atoms with Gasteiger partial charge in [0.2, 0.25) is 0 Å². The lowest BCUT2D eigenvalue weighted by Crippen LogP contribution is -2.33. The van der Waals surface area contributed by atoms with Crippen molar-refractivity contribution in [1.82, 2.24) is 9.80 Å². The highest BCUT2D eigenvalue weighted by molar-refractivity contribution is 5.09. The molecule has 15 heavy (non-hydrogen) atoms. The van der Waals surface area contributed by atoms with Crippen molar-refractivity contribution in [3.63, 3.8) is 0 Å². The van der Waals surface area contributed by atoms with Gasteiger partial charge in [0.25, 0.3) is 0 Å². The van der Waals surface area contributed by atoms with E-state index in [4.69, 9.17) is 11.5 Å². The molecule has 0 radical (unpaired) electrons. The fourth-order valence-corrected chi connectivity index (χ4v) is 1.13. The number of aliphatic hydroxyl groups is 2. The van der Waals surface area contributed by atoms with Gasteiger partial charge in [0.1, 0.15) is 6.23 Å². The summed E-state index contributed by atoms with van der Waals surface area (Å²) < 4.78 is 0. The van der Waals surface area contributed by atoms with Crippen molar-refractivity contribution in [2.45, 2.75) is 19.6 Å². The van der Waals surface area contributed by atoms with Crippen LogP contribution in [0.4, 0.5) is 0 Å². The second kappa shape index (κ2) is 7.30. The van der Waals surface area contributed by atoms with E-state index < -0.39 is 6.23 Å². The average molecular weight is 212 g/mol. The Morgan fingerprint density at radius 2 is 2.13 bits per heavy atom. The van der Waals surface area contributed by atoms with Crippen LogP contribution in [0.5, 0.6) is 0 Å². The SMILES string of the molecule is C#CN(C)/C=C(/CCO)C(O)N(C)CC. The van der Waals surface area contributed by atoms with Crippen molar-refractivity contribution in [3.05, 3.63) is 11.8 Å². The quantitative estimate of drug-likeness (QED) is 0.371. The molecule has 0 aliphatic rings. The first-order valence-electron chi connectivity index (χ1n) is 4.95. The normalized spacial score (nSPS) is 13.8. The number of nitrogens with zero attached hydrogens (tertiary/aromatic N) is 2. The van der Waals surface area contributed by atoms with Crippen molar-refractivity contribution in [3.8, 4) is 12.5 Å². The molecular weight excluding hydrogens is 192 g/mol. The van der Waals surface area contributed by atoms with E-state index in [2.05, 4.69) is 6.04 Å². The molecule has 0 aromatic rings. The fraction of sp³-hybridized carbons (Fsp3) is 0.636. The minimum absolute atomic E-state index is 0.00113. The molecule has 0 saturated carbocycles. The Labute approximate surface area is 91.8 Å². The molecule has 0 aromatic heterocycles. The van der Waals surface area contributed by atoms with E-state index in [1.54, 1.807) is 18.1 Å². The summed E-state index contributed by atoms with van der Waals surface area (Å²) in [7, 11) is 3.53.